The number of amides is 1. The van der Waals surface area contributed by atoms with Gasteiger partial charge in [-0.15, -0.1) is 0 Å². The molecule has 0 fully saturated rings. The molecule has 2 heterocycles. The minimum Gasteiger partial charge on any atom is -0.399 e. The zero-order valence-corrected chi connectivity index (χ0v) is 14.3. The highest BCUT2D eigenvalue weighted by molar-refractivity contribution is 6.31. The van der Waals surface area contributed by atoms with E-state index in [0.29, 0.717) is 29.4 Å². The summed E-state index contributed by atoms with van der Waals surface area (Å²) in [5.41, 5.74) is 10.1. The molecule has 0 radical (unpaired) electrons. The molecule has 3 N–H and O–H groups in total. The topological polar surface area (TPSA) is 62.1 Å². The summed E-state index contributed by atoms with van der Waals surface area (Å²) >= 11 is 12.1. The van der Waals surface area contributed by atoms with E-state index >= 15 is 0 Å². The number of benzene rings is 2. The van der Waals surface area contributed by atoms with Gasteiger partial charge >= 0.3 is 0 Å². The van der Waals surface area contributed by atoms with Crippen LogP contribution < -0.4 is 5.73 Å². The second-order valence-electron chi connectivity index (χ2n) is 6.02. The molecule has 24 heavy (non-hydrogen) atoms. The van der Waals surface area contributed by atoms with Gasteiger partial charge in [-0.1, -0.05) is 23.2 Å². The number of H-pyrrole nitrogens is 1. The molecule has 1 aliphatic heterocycles. The maximum atomic E-state index is 12.8. The summed E-state index contributed by atoms with van der Waals surface area (Å²) in [5, 5.41) is 2.32. The van der Waals surface area contributed by atoms with E-state index < -0.39 is 0 Å². The maximum Gasteiger partial charge on any atom is 0.254 e. The van der Waals surface area contributed by atoms with Crippen molar-refractivity contribution in [2.24, 2.45) is 0 Å². The second-order valence-corrected chi connectivity index (χ2v) is 6.89. The van der Waals surface area contributed by atoms with Gasteiger partial charge in [0.25, 0.3) is 5.91 Å². The van der Waals surface area contributed by atoms with Crippen molar-refractivity contribution in [3.63, 3.8) is 0 Å². The van der Waals surface area contributed by atoms with Gasteiger partial charge < -0.3 is 15.6 Å². The van der Waals surface area contributed by atoms with Gasteiger partial charge in [-0.25, -0.2) is 0 Å². The first-order valence-corrected chi connectivity index (χ1v) is 8.41. The number of carbonyl (C=O) groups excluding carboxylic acids is 1. The molecule has 122 valence electrons. The van der Waals surface area contributed by atoms with Crippen molar-refractivity contribution in [1.82, 2.24) is 9.88 Å². The number of aromatic nitrogens is 1. The Morgan fingerprint density at radius 1 is 1.12 bits per heavy atom. The fraction of sp³-hybridized carbons (Fsp3) is 0.167. The number of carbonyl (C=O) groups is 1. The summed E-state index contributed by atoms with van der Waals surface area (Å²) in [5.74, 6) is -0.0634. The van der Waals surface area contributed by atoms with Crippen molar-refractivity contribution in [2.45, 2.75) is 13.0 Å². The van der Waals surface area contributed by atoms with Crippen LogP contribution in [0.2, 0.25) is 10.0 Å². The van der Waals surface area contributed by atoms with Crippen LogP contribution in [-0.4, -0.2) is 22.3 Å². The minimum atomic E-state index is -0.0634. The average Bonchev–Trinajstić information content (AvgIpc) is 2.90. The van der Waals surface area contributed by atoms with Gasteiger partial charge in [-0.3, -0.25) is 4.79 Å². The molecule has 0 bridgehead atoms. The van der Waals surface area contributed by atoms with Crippen molar-refractivity contribution >= 4 is 45.7 Å². The Hall–Kier alpha value is -2.17. The molecule has 3 aromatic rings. The zero-order valence-electron chi connectivity index (χ0n) is 12.8. The fourth-order valence-electron chi connectivity index (χ4n) is 3.30. The van der Waals surface area contributed by atoms with E-state index in [4.69, 9.17) is 28.9 Å². The van der Waals surface area contributed by atoms with E-state index in [2.05, 4.69) is 4.98 Å². The number of aromatic amines is 1. The molecule has 0 saturated heterocycles. The number of nitrogens with two attached hydrogens (primary N) is 1. The fourth-order valence-corrected chi connectivity index (χ4v) is 3.72. The predicted molar refractivity (Wildman–Crippen MR) is 97.6 cm³/mol. The molecule has 0 spiro atoms. The first-order valence-electron chi connectivity index (χ1n) is 7.65. The van der Waals surface area contributed by atoms with E-state index in [-0.39, 0.29) is 5.91 Å². The summed E-state index contributed by atoms with van der Waals surface area (Å²) in [6.45, 7) is 1.19. The normalized spacial score (nSPS) is 14.0. The quantitative estimate of drug-likeness (QED) is 0.637. The van der Waals surface area contributed by atoms with Gasteiger partial charge in [0.1, 0.15) is 0 Å². The first-order chi connectivity index (χ1) is 11.5. The van der Waals surface area contributed by atoms with Crippen LogP contribution in [0.3, 0.4) is 0 Å². The lowest BCUT2D eigenvalue weighted by Crippen LogP contribution is -2.35. The highest BCUT2D eigenvalue weighted by Crippen LogP contribution is 2.30. The molecule has 1 amide bonds. The van der Waals surface area contributed by atoms with Crippen LogP contribution in [0.1, 0.15) is 21.6 Å². The van der Waals surface area contributed by atoms with E-state index in [0.717, 1.165) is 28.0 Å². The lowest BCUT2D eigenvalue weighted by Gasteiger charge is -2.27. The van der Waals surface area contributed by atoms with Crippen molar-refractivity contribution in [2.75, 3.05) is 12.3 Å². The third-order valence-electron chi connectivity index (χ3n) is 4.39. The van der Waals surface area contributed by atoms with Crippen molar-refractivity contribution in [3.05, 3.63) is 63.3 Å². The Morgan fingerprint density at radius 2 is 1.96 bits per heavy atom. The summed E-state index contributed by atoms with van der Waals surface area (Å²) in [6, 6.07) is 10.8. The number of fused-ring (bicyclic) bond motifs is 3. The molecule has 2 aromatic carbocycles. The molecule has 4 nitrogen and oxygen atoms in total. The van der Waals surface area contributed by atoms with E-state index in [1.54, 1.807) is 18.2 Å². The maximum absolute atomic E-state index is 12.8. The summed E-state index contributed by atoms with van der Waals surface area (Å²) in [7, 11) is 0. The van der Waals surface area contributed by atoms with Gasteiger partial charge in [-0.05, 0) is 48.4 Å². The summed E-state index contributed by atoms with van der Waals surface area (Å²) < 4.78 is 0. The molecule has 1 aromatic heterocycles. The molecular weight excluding hydrogens is 345 g/mol. The van der Waals surface area contributed by atoms with Gasteiger partial charge in [-0.2, -0.15) is 0 Å². The van der Waals surface area contributed by atoms with Gasteiger partial charge in [0.2, 0.25) is 0 Å². The first kappa shape index (κ1) is 15.4. The largest absolute Gasteiger partial charge is 0.399 e. The monoisotopic (exact) mass is 359 g/mol. The van der Waals surface area contributed by atoms with Crippen LogP contribution in [0.5, 0.6) is 0 Å². The number of nitrogens with one attached hydrogen (secondary N) is 1. The Labute approximate surface area is 149 Å². The van der Waals surface area contributed by atoms with E-state index in [9.17, 15) is 4.79 Å². The molecule has 6 heteroatoms. The van der Waals surface area contributed by atoms with Gasteiger partial charge in [0.15, 0.2) is 0 Å². The third kappa shape index (κ3) is 2.62. The second kappa shape index (κ2) is 5.72. The van der Waals surface area contributed by atoms with Crippen LogP contribution in [0, 0.1) is 0 Å². The predicted octanol–water partition coefficient (Wildman–Crippen LogP) is 4.26. The molecule has 0 unspecified atom stereocenters. The molecule has 0 atom stereocenters. The smallest absolute Gasteiger partial charge is 0.254 e. The van der Waals surface area contributed by atoms with E-state index in [1.165, 1.54) is 5.56 Å². The number of halogens is 2. The summed E-state index contributed by atoms with van der Waals surface area (Å²) in [6.07, 6.45) is 0.789. The highest BCUT2D eigenvalue weighted by atomic mass is 35.5. The van der Waals surface area contributed by atoms with Crippen LogP contribution in [0.25, 0.3) is 10.9 Å². The van der Waals surface area contributed by atoms with Crippen molar-refractivity contribution in [3.8, 4) is 0 Å². The SMILES string of the molecule is Nc1cc(Cl)cc(C(=O)N2CCc3c([nH]c4ccc(Cl)cc34)C2)c1. The number of nitrogen functional groups attached to an aromatic ring is 1. The number of nitrogens with zero attached hydrogens (tertiary/aromatic N) is 1. The van der Waals surface area contributed by atoms with E-state index in [1.807, 2.05) is 23.1 Å². The lowest BCUT2D eigenvalue weighted by molar-refractivity contribution is 0.0733. The zero-order chi connectivity index (χ0) is 16.8. The summed E-state index contributed by atoms with van der Waals surface area (Å²) in [4.78, 5) is 18.0. The average molecular weight is 360 g/mol. The number of hydrogen-bond donors (Lipinski definition) is 2. The molecule has 0 saturated carbocycles. The number of hydrogen-bond acceptors (Lipinski definition) is 2. The molecule has 1 aliphatic rings. The molecular formula is C18H15Cl2N3O. The van der Waals surface area contributed by atoms with Crippen LogP contribution in [0.4, 0.5) is 5.69 Å². The highest BCUT2D eigenvalue weighted by Gasteiger charge is 2.25. The van der Waals surface area contributed by atoms with Gasteiger partial charge in [0.05, 0.1) is 6.54 Å². The molecule has 0 aliphatic carbocycles. The number of anilines is 1. The van der Waals surface area contributed by atoms with Crippen molar-refractivity contribution in [1.29, 1.82) is 0 Å². The Kier molecular flexibility index (Phi) is 3.66. The third-order valence-corrected chi connectivity index (χ3v) is 4.84. The minimum absolute atomic E-state index is 0.0634. The molecule has 4 rings (SSSR count). The van der Waals surface area contributed by atoms with Crippen LogP contribution in [0.15, 0.2) is 36.4 Å². The van der Waals surface area contributed by atoms with Crippen LogP contribution >= 0.6 is 23.2 Å². The van der Waals surface area contributed by atoms with Crippen molar-refractivity contribution < 1.29 is 4.79 Å². The Bertz CT molecular complexity index is 944. The van der Waals surface area contributed by atoms with Gasteiger partial charge in [0, 0.05) is 44.4 Å². The Balaban J connectivity index is 1.66. The van der Waals surface area contributed by atoms with Crippen LogP contribution in [-0.2, 0) is 13.0 Å². The lowest BCUT2D eigenvalue weighted by atomic mass is 10.0. The standard InChI is InChI=1S/C18H15Cl2N3O/c19-11-1-2-16-15(8-11)14-3-4-23(9-17(14)22-16)18(24)10-5-12(20)7-13(21)6-10/h1-2,5-8,22H,3-4,9,21H2. The Morgan fingerprint density at radius 3 is 2.75 bits per heavy atom. The number of rotatable bonds is 1.